The minimum atomic E-state index is 0.530. The van der Waals surface area contributed by atoms with E-state index in [1.807, 2.05) is 6.07 Å². The van der Waals surface area contributed by atoms with Gasteiger partial charge in [0.2, 0.25) is 0 Å². The first kappa shape index (κ1) is 12.2. The van der Waals surface area contributed by atoms with Crippen molar-refractivity contribution in [2.24, 2.45) is 5.92 Å². The molecule has 0 saturated heterocycles. The van der Waals surface area contributed by atoms with Crippen molar-refractivity contribution in [3.05, 3.63) is 21.9 Å². The molecule has 0 aromatic carbocycles. The van der Waals surface area contributed by atoms with E-state index in [-0.39, 0.29) is 0 Å². The molecule has 2 atom stereocenters. The maximum Gasteiger partial charge on any atom is 0.152 e. The topological polar surface area (TPSA) is 24.9 Å². The van der Waals surface area contributed by atoms with Gasteiger partial charge < -0.3 is 5.32 Å². The van der Waals surface area contributed by atoms with E-state index in [1.165, 1.54) is 25.7 Å². The van der Waals surface area contributed by atoms with Crippen LogP contribution in [0, 0.1) is 5.92 Å². The van der Waals surface area contributed by atoms with Gasteiger partial charge in [-0.15, -0.1) is 0 Å². The van der Waals surface area contributed by atoms with Crippen LogP contribution in [-0.2, 0) is 0 Å². The number of halogens is 2. The molecule has 1 aliphatic rings. The van der Waals surface area contributed by atoms with Crippen LogP contribution in [0.25, 0.3) is 0 Å². The Bertz CT molecular complexity index is 370. The molecule has 0 aliphatic heterocycles. The molecule has 1 saturated carbocycles. The van der Waals surface area contributed by atoms with Gasteiger partial charge in [-0.2, -0.15) is 0 Å². The summed E-state index contributed by atoms with van der Waals surface area (Å²) < 4.78 is 0.961. The molecule has 2 nitrogen and oxygen atoms in total. The van der Waals surface area contributed by atoms with Gasteiger partial charge in [-0.3, -0.25) is 0 Å². The van der Waals surface area contributed by atoms with Gasteiger partial charge in [-0.05, 0) is 40.8 Å². The lowest BCUT2D eigenvalue weighted by molar-refractivity contribution is 0.349. The molecule has 1 fully saturated rings. The lowest BCUT2D eigenvalue weighted by Crippen LogP contribution is -2.30. The largest absolute Gasteiger partial charge is 0.380 e. The Hall–Kier alpha value is -0.280. The maximum atomic E-state index is 6.07. The predicted molar refractivity (Wildman–Crippen MR) is 72.0 cm³/mol. The summed E-state index contributed by atoms with van der Waals surface area (Å²) in [4.78, 5) is 4.13. The molecule has 1 N–H and O–H groups in total. The molecule has 1 aromatic heterocycles. The van der Waals surface area contributed by atoms with Gasteiger partial charge in [-0.25, -0.2) is 4.98 Å². The summed E-state index contributed by atoms with van der Waals surface area (Å²) in [5.41, 5.74) is 0.940. The SMILES string of the molecule is CC1CCCCC1Nc1cc(Br)cnc1Cl. The minimum Gasteiger partial charge on any atom is -0.380 e. The summed E-state index contributed by atoms with van der Waals surface area (Å²) in [6, 6.07) is 2.53. The van der Waals surface area contributed by atoms with Gasteiger partial charge >= 0.3 is 0 Å². The molecular weight excluding hydrogens is 288 g/mol. The van der Waals surface area contributed by atoms with Crippen LogP contribution in [0.1, 0.15) is 32.6 Å². The molecule has 4 heteroatoms. The summed E-state index contributed by atoms with van der Waals surface area (Å²) in [5.74, 6) is 0.712. The fraction of sp³-hybridized carbons (Fsp3) is 0.583. The van der Waals surface area contributed by atoms with Crippen molar-refractivity contribution >= 4 is 33.2 Å². The normalized spacial score (nSPS) is 25.4. The molecule has 2 rings (SSSR count). The average molecular weight is 304 g/mol. The Morgan fingerprint density at radius 2 is 2.19 bits per heavy atom. The van der Waals surface area contributed by atoms with Crippen LogP contribution in [0.4, 0.5) is 5.69 Å². The van der Waals surface area contributed by atoms with Crippen LogP contribution in [-0.4, -0.2) is 11.0 Å². The van der Waals surface area contributed by atoms with Gasteiger partial charge in [0.25, 0.3) is 0 Å². The molecule has 0 spiro atoms. The van der Waals surface area contributed by atoms with Gasteiger partial charge in [0, 0.05) is 16.7 Å². The highest BCUT2D eigenvalue weighted by molar-refractivity contribution is 9.10. The smallest absolute Gasteiger partial charge is 0.152 e. The first-order chi connectivity index (χ1) is 7.66. The second-order valence-corrected chi connectivity index (χ2v) is 5.78. The third kappa shape index (κ3) is 2.89. The van der Waals surface area contributed by atoms with Crippen LogP contribution in [0.15, 0.2) is 16.7 Å². The lowest BCUT2D eigenvalue weighted by Gasteiger charge is -2.30. The standard InChI is InChI=1S/C12H16BrClN2/c1-8-4-2-3-5-10(8)16-11-6-9(13)7-15-12(11)14/h6-8,10,16H,2-5H2,1H3. The zero-order chi connectivity index (χ0) is 11.5. The van der Waals surface area contributed by atoms with E-state index in [4.69, 9.17) is 11.6 Å². The van der Waals surface area contributed by atoms with E-state index >= 15 is 0 Å². The number of rotatable bonds is 2. The molecule has 1 aliphatic carbocycles. The second kappa shape index (κ2) is 5.37. The Morgan fingerprint density at radius 3 is 2.94 bits per heavy atom. The van der Waals surface area contributed by atoms with Gasteiger partial charge in [0.1, 0.15) is 0 Å². The van der Waals surface area contributed by atoms with E-state index < -0.39 is 0 Å². The number of hydrogen-bond acceptors (Lipinski definition) is 2. The quantitative estimate of drug-likeness (QED) is 0.814. The fourth-order valence-corrected chi connectivity index (χ4v) is 2.74. The van der Waals surface area contributed by atoms with Crippen LogP contribution in [0.5, 0.6) is 0 Å². The van der Waals surface area contributed by atoms with Gasteiger partial charge in [0.05, 0.1) is 5.69 Å². The molecule has 1 heterocycles. The predicted octanol–water partition coefficient (Wildman–Crippen LogP) is 4.49. The molecule has 0 amide bonds. The van der Waals surface area contributed by atoms with Crippen LogP contribution in [0.2, 0.25) is 5.15 Å². The zero-order valence-electron chi connectivity index (χ0n) is 9.34. The van der Waals surface area contributed by atoms with E-state index in [0.717, 1.165) is 10.2 Å². The Kier molecular flexibility index (Phi) is 4.09. The van der Waals surface area contributed by atoms with Crippen LogP contribution < -0.4 is 5.32 Å². The van der Waals surface area contributed by atoms with Crippen LogP contribution in [0.3, 0.4) is 0 Å². The molecule has 88 valence electrons. The molecule has 2 unspecified atom stereocenters. The van der Waals surface area contributed by atoms with Crippen LogP contribution >= 0.6 is 27.5 Å². The monoisotopic (exact) mass is 302 g/mol. The Labute approximate surface area is 110 Å². The third-order valence-electron chi connectivity index (χ3n) is 3.26. The molecule has 1 aromatic rings. The maximum absolute atomic E-state index is 6.07. The Morgan fingerprint density at radius 1 is 1.44 bits per heavy atom. The fourth-order valence-electron chi connectivity index (χ4n) is 2.25. The van der Waals surface area contributed by atoms with Crippen molar-refractivity contribution in [2.75, 3.05) is 5.32 Å². The number of nitrogens with one attached hydrogen (secondary N) is 1. The highest BCUT2D eigenvalue weighted by atomic mass is 79.9. The van der Waals surface area contributed by atoms with Crippen molar-refractivity contribution in [2.45, 2.75) is 38.6 Å². The van der Waals surface area contributed by atoms with Crippen molar-refractivity contribution in [1.29, 1.82) is 0 Å². The van der Waals surface area contributed by atoms with Gasteiger partial charge in [0.15, 0.2) is 5.15 Å². The van der Waals surface area contributed by atoms with Gasteiger partial charge in [-0.1, -0.05) is 31.4 Å². The van der Waals surface area contributed by atoms with Crippen molar-refractivity contribution in [3.63, 3.8) is 0 Å². The summed E-state index contributed by atoms with van der Waals surface area (Å²) in [6.07, 6.45) is 6.91. The first-order valence-electron chi connectivity index (χ1n) is 5.74. The lowest BCUT2D eigenvalue weighted by atomic mass is 9.86. The average Bonchev–Trinajstić information content (AvgIpc) is 2.27. The van der Waals surface area contributed by atoms with E-state index in [2.05, 4.69) is 33.2 Å². The molecule has 16 heavy (non-hydrogen) atoms. The second-order valence-electron chi connectivity index (χ2n) is 4.50. The molecule has 0 radical (unpaired) electrons. The Balaban J connectivity index is 2.10. The number of anilines is 1. The zero-order valence-corrected chi connectivity index (χ0v) is 11.7. The third-order valence-corrected chi connectivity index (χ3v) is 3.99. The summed E-state index contributed by atoms with van der Waals surface area (Å²) in [5, 5.41) is 4.07. The van der Waals surface area contributed by atoms with Crippen molar-refractivity contribution in [3.8, 4) is 0 Å². The summed E-state index contributed by atoms with van der Waals surface area (Å²) in [6.45, 7) is 2.30. The minimum absolute atomic E-state index is 0.530. The molecule has 0 bridgehead atoms. The van der Waals surface area contributed by atoms with Crippen molar-refractivity contribution in [1.82, 2.24) is 4.98 Å². The number of nitrogens with zero attached hydrogens (tertiary/aromatic N) is 1. The molecular formula is C12H16BrClN2. The highest BCUT2D eigenvalue weighted by Crippen LogP contribution is 2.30. The summed E-state index contributed by atoms with van der Waals surface area (Å²) in [7, 11) is 0. The number of hydrogen-bond donors (Lipinski definition) is 1. The van der Waals surface area contributed by atoms with E-state index in [1.54, 1.807) is 6.20 Å². The highest BCUT2D eigenvalue weighted by Gasteiger charge is 2.21. The van der Waals surface area contributed by atoms with E-state index in [9.17, 15) is 0 Å². The van der Waals surface area contributed by atoms with Crippen molar-refractivity contribution < 1.29 is 0 Å². The number of aromatic nitrogens is 1. The first-order valence-corrected chi connectivity index (χ1v) is 6.91. The van der Waals surface area contributed by atoms with E-state index in [0.29, 0.717) is 17.1 Å². The number of pyridine rings is 1. The summed E-state index contributed by atoms with van der Waals surface area (Å²) >= 11 is 9.48.